The van der Waals surface area contributed by atoms with Gasteiger partial charge in [-0.15, -0.1) is 0 Å². The van der Waals surface area contributed by atoms with E-state index >= 15 is 0 Å². The van der Waals surface area contributed by atoms with Gasteiger partial charge >= 0.3 is 0 Å². The molecule has 0 aliphatic heterocycles. The molecule has 0 bridgehead atoms. The van der Waals surface area contributed by atoms with E-state index in [1.807, 2.05) is 0 Å². The van der Waals surface area contributed by atoms with Gasteiger partial charge in [-0.2, -0.15) is 0 Å². The first-order valence-electron chi connectivity index (χ1n) is 7.79. The largest absolute Gasteiger partial charge is 0.489 e. The minimum absolute atomic E-state index is 0.633. The van der Waals surface area contributed by atoms with Crippen molar-refractivity contribution >= 4 is 0 Å². The lowest BCUT2D eigenvalue weighted by atomic mass is 10.1. The summed E-state index contributed by atoms with van der Waals surface area (Å²) >= 11 is 0. The van der Waals surface area contributed by atoms with Crippen molar-refractivity contribution in [1.82, 2.24) is 0 Å². The quantitative estimate of drug-likeness (QED) is 0.909. The van der Waals surface area contributed by atoms with Crippen LogP contribution in [0.4, 0.5) is 0 Å². The molecule has 0 atom stereocenters. The highest BCUT2D eigenvalue weighted by atomic mass is 16.5. The molecule has 2 N–H and O–H groups in total. The lowest BCUT2D eigenvalue weighted by molar-refractivity contribution is 0.303. The molecule has 0 unspecified atom stereocenters. The first kappa shape index (κ1) is 14.2. The summed E-state index contributed by atoms with van der Waals surface area (Å²) in [6.45, 7) is 3.39. The number of hydrogen-bond donors (Lipinski definition) is 1. The number of ether oxygens (including phenoxy) is 1. The van der Waals surface area contributed by atoms with Gasteiger partial charge in [0.15, 0.2) is 0 Å². The van der Waals surface area contributed by atoms with Crippen LogP contribution in [0.15, 0.2) is 36.4 Å². The molecule has 3 rings (SSSR count). The Hall–Kier alpha value is -1.80. The summed E-state index contributed by atoms with van der Waals surface area (Å²) in [5.41, 5.74) is 12.4. The third kappa shape index (κ3) is 3.27. The standard InChI is InChI=1S/C19H23NO/c1-14-5-8-19(18(11-14)9-10-20)21-13-15-6-7-16-3-2-4-17(16)12-15/h5-8,11-12H,2-4,9-10,13,20H2,1H3. The third-order valence-corrected chi connectivity index (χ3v) is 4.19. The summed E-state index contributed by atoms with van der Waals surface area (Å²) in [6.07, 6.45) is 4.60. The number of aryl methyl sites for hydroxylation is 3. The molecular weight excluding hydrogens is 258 g/mol. The number of hydrogen-bond acceptors (Lipinski definition) is 2. The average molecular weight is 281 g/mol. The average Bonchev–Trinajstić information content (AvgIpc) is 2.94. The van der Waals surface area contributed by atoms with E-state index in [4.69, 9.17) is 10.5 Å². The van der Waals surface area contributed by atoms with E-state index in [1.54, 1.807) is 0 Å². The van der Waals surface area contributed by atoms with Crippen molar-refractivity contribution in [3.63, 3.8) is 0 Å². The predicted octanol–water partition coefficient (Wildman–Crippen LogP) is 3.56. The van der Waals surface area contributed by atoms with Crippen molar-refractivity contribution in [2.75, 3.05) is 6.54 Å². The van der Waals surface area contributed by atoms with E-state index in [2.05, 4.69) is 43.3 Å². The Labute approximate surface area is 126 Å². The Morgan fingerprint density at radius 1 is 1.05 bits per heavy atom. The van der Waals surface area contributed by atoms with Crippen LogP contribution in [0.25, 0.3) is 0 Å². The SMILES string of the molecule is Cc1ccc(OCc2ccc3c(c2)CCC3)c(CCN)c1. The molecule has 0 saturated heterocycles. The zero-order valence-corrected chi connectivity index (χ0v) is 12.7. The second-order valence-electron chi connectivity index (χ2n) is 5.90. The van der Waals surface area contributed by atoms with Gasteiger partial charge in [0.25, 0.3) is 0 Å². The zero-order chi connectivity index (χ0) is 14.7. The summed E-state index contributed by atoms with van der Waals surface area (Å²) in [5.74, 6) is 0.964. The lowest BCUT2D eigenvalue weighted by Crippen LogP contribution is -2.06. The third-order valence-electron chi connectivity index (χ3n) is 4.19. The minimum Gasteiger partial charge on any atom is -0.489 e. The number of rotatable bonds is 5. The van der Waals surface area contributed by atoms with Gasteiger partial charge in [0.05, 0.1) is 0 Å². The topological polar surface area (TPSA) is 35.2 Å². The van der Waals surface area contributed by atoms with Crippen LogP contribution in [-0.4, -0.2) is 6.54 Å². The summed E-state index contributed by atoms with van der Waals surface area (Å²) in [7, 11) is 0. The highest BCUT2D eigenvalue weighted by molar-refractivity contribution is 5.38. The van der Waals surface area contributed by atoms with Gasteiger partial charge in [0, 0.05) is 0 Å². The molecule has 1 aliphatic carbocycles. The molecule has 2 aromatic carbocycles. The van der Waals surface area contributed by atoms with E-state index < -0.39 is 0 Å². The van der Waals surface area contributed by atoms with Gasteiger partial charge in [-0.3, -0.25) is 0 Å². The Balaban J connectivity index is 1.72. The maximum Gasteiger partial charge on any atom is 0.123 e. The molecule has 0 spiro atoms. The van der Waals surface area contributed by atoms with Crippen molar-refractivity contribution in [3.8, 4) is 5.75 Å². The Morgan fingerprint density at radius 2 is 1.90 bits per heavy atom. The van der Waals surface area contributed by atoms with Crippen LogP contribution < -0.4 is 10.5 Å². The maximum absolute atomic E-state index is 6.03. The molecule has 110 valence electrons. The van der Waals surface area contributed by atoms with Crippen LogP contribution in [0, 0.1) is 6.92 Å². The van der Waals surface area contributed by atoms with Gasteiger partial charge in [-0.1, -0.05) is 35.9 Å². The lowest BCUT2D eigenvalue weighted by Gasteiger charge is -2.12. The van der Waals surface area contributed by atoms with Gasteiger partial charge in [-0.05, 0) is 67.5 Å². The fraction of sp³-hybridized carbons (Fsp3) is 0.368. The predicted molar refractivity (Wildman–Crippen MR) is 86.7 cm³/mol. The molecule has 0 saturated carbocycles. The molecule has 0 heterocycles. The van der Waals surface area contributed by atoms with E-state index in [1.165, 1.54) is 47.1 Å². The highest BCUT2D eigenvalue weighted by Gasteiger charge is 2.11. The first-order chi connectivity index (χ1) is 10.3. The van der Waals surface area contributed by atoms with Gasteiger partial charge < -0.3 is 10.5 Å². The van der Waals surface area contributed by atoms with Crippen molar-refractivity contribution in [3.05, 3.63) is 64.2 Å². The molecule has 21 heavy (non-hydrogen) atoms. The molecule has 2 nitrogen and oxygen atoms in total. The van der Waals surface area contributed by atoms with Crippen LogP contribution >= 0.6 is 0 Å². The van der Waals surface area contributed by atoms with E-state index in [9.17, 15) is 0 Å². The zero-order valence-electron chi connectivity index (χ0n) is 12.7. The monoisotopic (exact) mass is 281 g/mol. The second-order valence-corrected chi connectivity index (χ2v) is 5.90. The number of fused-ring (bicyclic) bond motifs is 1. The minimum atomic E-state index is 0.633. The van der Waals surface area contributed by atoms with Crippen LogP contribution in [0.3, 0.4) is 0 Å². The summed E-state index contributed by atoms with van der Waals surface area (Å²) in [5, 5.41) is 0. The van der Waals surface area contributed by atoms with Crippen LogP contribution in [-0.2, 0) is 25.9 Å². The summed E-state index contributed by atoms with van der Waals surface area (Å²) in [6, 6.07) is 13.1. The molecular formula is C19H23NO. The number of nitrogens with two attached hydrogens (primary N) is 1. The van der Waals surface area contributed by atoms with Crippen LogP contribution in [0.2, 0.25) is 0 Å². The number of benzene rings is 2. The molecule has 2 aromatic rings. The van der Waals surface area contributed by atoms with Gasteiger partial charge in [0.2, 0.25) is 0 Å². The maximum atomic E-state index is 6.03. The normalized spacial score (nSPS) is 13.2. The van der Waals surface area contributed by atoms with Crippen molar-refractivity contribution < 1.29 is 4.74 Å². The summed E-state index contributed by atoms with van der Waals surface area (Å²) in [4.78, 5) is 0. The fourth-order valence-electron chi connectivity index (χ4n) is 3.08. The smallest absolute Gasteiger partial charge is 0.123 e. The molecule has 1 aliphatic rings. The molecule has 0 radical (unpaired) electrons. The Bertz CT molecular complexity index is 633. The molecule has 0 amide bonds. The van der Waals surface area contributed by atoms with E-state index in [0.717, 1.165) is 12.2 Å². The Kier molecular flexibility index (Phi) is 4.26. The van der Waals surface area contributed by atoms with Crippen LogP contribution in [0.5, 0.6) is 5.75 Å². The van der Waals surface area contributed by atoms with Crippen molar-refractivity contribution in [2.24, 2.45) is 5.73 Å². The Morgan fingerprint density at radius 3 is 2.76 bits per heavy atom. The molecule has 2 heteroatoms. The van der Waals surface area contributed by atoms with Crippen molar-refractivity contribution in [1.29, 1.82) is 0 Å². The van der Waals surface area contributed by atoms with Gasteiger partial charge in [-0.25, -0.2) is 0 Å². The van der Waals surface area contributed by atoms with Crippen molar-refractivity contribution in [2.45, 2.75) is 39.2 Å². The fourth-order valence-corrected chi connectivity index (χ4v) is 3.08. The second kappa shape index (κ2) is 6.31. The van der Waals surface area contributed by atoms with E-state index in [-0.39, 0.29) is 0 Å². The summed E-state index contributed by atoms with van der Waals surface area (Å²) < 4.78 is 6.03. The molecule has 0 aromatic heterocycles. The molecule has 0 fully saturated rings. The van der Waals surface area contributed by atoms with Gasteiger partial charge in [0.1, 0.15) is 12.4 Å². The first-order valence-corrected chi connectivity index (χ1v) is 7.79. The highest BCUT2D eigenvalue weighted by Crippen LogP contribution is 2.25. The van der Waals surface area contributed by atoms with Crippen LogP contribution in [0.1, 0.15) is 34.2 Å². The van der Waals surface area contributed by atoms with E-state index in [0.29, 0.717) is 13.2 Å².